The summed E-state index contributed by atoms with van der Waals surface area (Å²) in [6.45, 7) is 7.21. The van der Waals surface area contributed by atoms with Crippen LogP contribution in [0, 0.1) is 5.41 Å². The molecule has 1 aliphatic heterocycles. The van der Waals surface area contributed by atoms with Crippen LogP contribution in [0.3, 0.4) is 0 Å². The minimum Gasteiger partial charge on any atom is -0.433 e. The highest BCUT2D eigenvalue weighted by Gasteiger charge is 2.34. The number of aryl methyl sites for hydroxylation is 1. The van der Waals surface area contributed by atoms with Gasteiger partial charge < -0.3 is 29.8 Å². The molecule has 2 atom stereocenters. The summed E-state index contributed by atoms with van der Waals surface area (Å²) in [7, 11) is 0. The molecule has 1 saturated heterocycles. The van der Waals surface area contributed by atoms with E-state index in [2.05, 4.69) is 15.6 Å². The number of hydrogen-bond acceptors (Lipinski definition) is 7. The maximum atomic E-state index is 13.9. The van der Waals surface area contributed by atoms with Crippen LogP contribution in [0.5, 0.6) is 0 Å². The van der Waals surface area contributed by atoms with Crippen LogP contribution in [0.1, 0.15) is 55.4 Å². The van der Waals surface area contributed by atoms with Crippen molar-refractivity contribution in [2.75, 3.05) is 26.3 Å². The average Bonchev–Trinajstić information content (AvgIpc) is 3.44. The largest absolute Gasteiger partial charge is 0.433 e. The van der Waals surface area contributed by atoms with E-state index in [-0.39, 0.29) is 35.2 Å². The maximum absolute atomic E-state index is 13.9. The fraction of sp³-hybridized carbons (Fsp3) is 0.438. The summed E-state index contributed by atoms with van der Waals surface area (Å²) in [5.74, 6) is -0.850. The monoisotopic (exact) mass is 576 g/mol. The molecule has 3 aromatic rings. The number of carbonyl (C=O) groups is 3. The van der Waals surface area contributed by atoms with E-state index in [1.165, 1.54) is 0 Å². The normalized spacial score (nSPS) is 15.1. The predicted molar refractivity (Wildman–Crippen MR) is 158 cm³/mol. The van der Waals surface area contributed by atoms with Crippen LogP contribution in [0.15, 0.2) is 65.1 Å². The molecule has 2 unspecified atom stereocenters. The first-order valence-electron chi connectivity index (χ1n) is 14.3. The van der Waals surface area contributed by atoms with Crippen LogP contribution in [-0.4, -0.2) is 71.1 Å². The number of ketones is 1. The molecule has 224 valence electrons. The molecule has 4 rings (SSSR count). The number of benzene rings is 2. The Balaban J connectivity index is 1.59. The molecule has 1 aromatic heterocycles. The van der Waals surface area contributed by atoms with Gasteiger partial charge in [-0.25, -0.2) is 9.78 Å². The molecule has 3 N–H and O–H groups in total. The maximum Gasteiger partial charge on any atom is 0.318 e. The first kappa shape index (κ1) is 30.9. The van der Waals surface area contributed by atoms with Crippen LogP contribution < -0.4 is 10.6 Å². The van der Waals surface area contributed by atoms with Crippen molar-refractivity contribution in [2.24, 2.45) is 5.41 Å². The Hall–Kier alpha value is -4.02. The van der Waals surface area contributed by atoms with Crippen molar-refractivity contribution in [3.05, 3.63) is 77.7 Å². The molecule has 10 nitrogen and oxygen atoms in total. The van der Waals surface area contributed by atoms with Crippen LogP contribution >= 0.6 is 0 Å². The van der Waals surface area contributed by atoms with Gasteiger partial charge >= 0.3 is 6.03 Å². The smallest absolute Gasteiger partial charge is 0.318 e. The first-order chi connectivity index (χ1) is 20.1. The van der Waals surface area contributed by atoms with Gasteiger partial charge in [-0.15, -0.1) is 0 Å². The number of hydrogen-bond donors (Lipinski definition) is 3. The van der Waals surface area contributed by atoms with Crippen molar-refractivity contribution in [1.29, 1.82) is 0 Å². The van der Waals surface area contributed by atoms with E-state index in [4.69, 9.17) is 9.15 Å². The standard InChI is InChI=1S/C32H40N4O6/c1-32(2,3)20-25(35-31(40)36-16-18-41-19-17-36)29(39)33-24(15-14-22-10-6-4-7-11-22)27(38)28-26(21-37)34-30(42-28)23-12-8-5-9-13-23/h4-13,24-25,37H,14-21H2,1-3H3,(H,33,39)(H,35,40). The lowest BCUT2D eigenvalue weighted by atomic mass is 9.87. The lowest BCUT2D eigenvalue weighted by molar-refractivity contribution is -0.124. The minimum atomic E-state index is -0.984. The van der Waals surface area contributed by atoms with E-state index in [0.29, 0.717) is 44.7 Å². The van der Waals surface area contributed by atoms with Gasteiger partial charge in [0.2, 0.25) is 17.6 Å². The van der Waals surface area contributed by atoms with Crippen molar-refractivity contribution in [3.63, 3.8) is 0 Å². The number of aliphatic hydroxyl groups is 1. The number of ether oxygens (including phenoxy) is 1. The van der Waals surface area contributed by atoms with E-state index in [1.54, 1.807) is 17.0 Å². The van der Waals surface area contributed by atoms with Gasteiger partial charge in [-0.3, -0.25) is 9.59 Å². The zero-order valence-corrected chi connectivity index (χ0v) is 24.5. The molecule has 3 amide bonds. The van der Waals surface area contributed by atoms with Crippen LogP contribution in [0.2, 0.25) is 0 Å². The topological polar surface area (TPSA) is 134 Å². The molecule has 2 aromatic carbocycles. The number of carbonyl (C=O) groups excluding carboxylic acids is 3. The first-order valence-corrected chi connectivity index (χ1v) is 14.3. The Kier molecular flexibility index (Phi) is 10.5. The molecule has 42 heavy (non-hydrogen) atoms. The molecule has 1 aliphatic rings. The highest BCUT2D eigenvalue weighted by Crippen LogP contribution is 2.25. The summed E-state index contributed by atoms with van der Waals surface area (Å²) in [4.78, 5) is 46.7. The molecule has 2 heterocycles. The Labute approximate surface area is 246 Å². The summed E-state index contributed by atoms with van der Waals surface area (Å²) in [5.41, 5.74) is 1.47. The second kappa shape index (κ2) is 14.2. The van der Waals surface area contributed by atoms with Crippen molar-refractivity contribution >= 4 is 17.7 Å². The number of morpholine rings is 1. The Morgan fingerprint density at radius 3 is 2.21 bits per heavy atom. The van der Waals surface area contributed by atoms with Gasteiger partial charge in [0.05, 0.1) is 25.9 Å². The molecular weight excluding hydrogens is 536 g/mol. The Bertz CT molecular complexity index is 1330. The fourth-order valence-corrected chi connectivity index (χ4v) is 4.84. The molecule has 0 saturated carbocycles. The van der Waals surface area contributed by atoms with Gasteiger partial charge in [-0.1, -0.05) is 69.3 Å². The SMILES string of the molecule is CC(C)(C)CC(NC(=O)N1CCOCC1)C(=O)NC(CCc1ccccc1)C(=O)c1oc(-c2ccccc2)nc1CO. The third kappa shape index (κ3) is 8.50. The van der Waals surface area contributed by atoms with E-state index in [1.807, 2.05) is 69.3 Å². The van der Waals surface area contributed by atoms with E-state index < -0.39 is 30.4 Å². The number of nitrogens with one attached hydrogen (secondary N) is 2. The number of rotatable bonds is 11. The van der Waals surface area contributed by atoms with Gasteiger partial charge in [0.25, 0.3) is 0 Å². The lowest BCUT2D eigenvalue weighted by Gasteiger charge is -2.32. The van der Waals surface area contributed by atoms with Crippen LogP contribution in [0.25, 0.3) is 11.5 Å². The molecule has 0 spiro atoms. The van der Waals surface area contributed by atoms with Crippen LogP contribution in [0.4, 0.5) is 4.79 Å². The Morgan fingerprint density at radius 2 is 1.60 bits per heavy atom. The van der Waals surface area contributed by atoms with Crippen molar-refractivity contribution < 1.29 is 28.6 Å². The third-order valence-electron chi connectivity index (χ3n) is 7.02. The van der Waals surface area contributed by atoms with Crippen LogP contribution in [-0.2, 0) is 22.6 Å². The molecule has 10 heteroatoms. The van der Waals surface area contributed by atoms with Crippen molar-refractivity contribution in [3.8, 4) is 11.5 Å². The lowest BCUT2D eigenvalue weighted by Crippen LogP contribution is -2.56. The number of oxazole rings is 1. The molecule has 0 radical (unpaired) electrons. The molecular formula is C32H40N4O6. The number of amides is 3. The quantitative estimate of drug-likeness (QED) is 0.294. The van der Waals surface area contributed by atoms with E-state index >= 15 is 0 Å². The van der Waals surface area contributed by atoms with Gasteiger partial charge in [0.15, 0.2) is 5.76 Å². The summed E-state index contributed by atoms with van der Waals surface area (Å²) >= 11 is 0. The van der Waals surface area contributed by atoms with E-state index in [9.17, 15) is 19.5 Å². The summed E-state index contributed by atoms with van der Waals surface area (Å²) in [6.07, 6.45) is 1.15. The number of Topliss-reactive ketones (excluding diaryl/α,β-unsaturated/α-hetero) is 1. The predicted octanol–water partition coefficient (Wildman–Crippen LogP) is 3.98. The van der Waals surface area contributed by atoms with Crippen molar-refractivity contribution in [1.82, 2.24) is 20.5 Å². The fourth-order valence-electron chi connectivity index (χ4n) is 4.84. The Morgan fingerprint density at radius 1 is 0.952 bits per heavy atom. The zero-order chi connectivity index (χ0) is 30.1. The highest BCUT2D eigenvalue weighted by atomic mass is 16.5. The van der Waals surface area contributed by atoms with Gasteiger partial charge in [-0.05, 0) is 42.4 Å². The number of aromatic nitrogens is 1. The summed E-state index contributed by atoms with van der Waals surface area (Å²) in [6, 6.07) is 16.5. The van der Waals surface area contributed by atoms with Gasteiger partial charge in [0.1, 0.15) is 11.7 Å². The van der Waals surface area contributed by atoms with Crippen molar-refractivity contribution in [2.45, 2.75) is 58.7 Å². The number of aliphatic hydroxyl groups excluding tert-OH is 1. The second-order valence-electron chi connectivity index (χ2n) is 11.6. The van der Waals surface area contributed by atoms with Gasteiger partial charge in [0, 0.05) is 18.7 Å². The second-order valence-corrected chi connectivity index (χ2v) is 11.6. The molecule has 1 fully saturated rings. The summed E-state index contributed by atoms with van der Waals surface area (Å²) < 4.78 is 11.2. The van der Waals surface area contributed by atoms with E-state index in [0.717, 1.165) is 5.56 Å². The number of urea groups is 1. The zero-order valence-electron chi connectivity index (χ0n) is 24.5. The average molecular weight is 577 g/mol. The summed E-state index contributed by atoms with van der Waals surface area (Å²) in [5, 5.41) is 15.8. The number of nitrogens with zero attached hydrogens (tertiary/aromatic N) is 2. The third-order valence-corrected chi connectivity index (χ3v) is 7.02. The molecule has 0 bridgehead atoms. The highest BCUT2D eigenvalue weighted by molar-refractivity contribution is 6.01. The minimum absolute atomic E-state index is 0.0977. The van der Waals surface area contributed by atoms with Gasteiger partial charge in [-0.2, -0.15) is 0 Å². The molecule has 0 aliphatic carbocycles.